The summed E-state index contributed by atoms with van der Waals surface area (Å²) < 4.78 is 5.33. The minimum absolute atomic E-state index is 0.0818. The van der Waals surface area contributed by atoms with E-state index in [0.717, 1.165) is 11.1 Å². The fourth-order valence-corrected chi connectivity index (χ4v) is 2.20. The van der Waals surface area contributed by atoms with Crippen molar-refractivity contribution in [1.29, 1.82) is 0 Å². The first kappa shape index (κ1) is 15.4. The SMILES string of the molecule is CCOCCN[C@@H](C(=O)c1ccccc1)c1ccccc1. The summed E-state index contributed by atoms with van der Waals surface area (Å²) in [5.74, 6) is 0.0818. The van der Waals surface area contributed by atoms with Crippen molar-refractivity contribution < 1.29 is 9.53 Å². The molecule has 2 rings (SSSR count). The molecule has 1 atom stereocenters. The molecule has 0 amide bonds. The van der Waals surface area contributed by atoms with Crippen LogP contribution in [0, 0.1) is 0 Å². The number of hydrogen-bond acceptors (Lipinski definition) is 3. The summed E-state index contributed by atoms with van der Waals surface area (Å²) in [7, 11) is 0. The Hall–Kier alpha value is -1.97. The fourth-order valence-electron chi connectivity index (χ4n) is 2.20. The number of ketones is 1. The Morgan fingerprint density at radius 2 is 1.67 bits per heavy atom. The Balaban J connectivity index is 2.14. The van der Waals surface area contributed by atoms with E-state index in [2.05, 4.69) is 5.32 Å². The van der Waals surface area contributed by atoms with E-state index in [1.54, 1.807) is 0 Å². The number of ether oxygens (including phenoxy) is 1. The highest BCUT2D eigenvalue weighted by atomic mass is 16.5. The molecule has 21 heavy (non-hydrogen) atoms. The van der Waals surface area contributed by atoms with E-state index in [1.165, 1.54) is 0 Å². The summed E-state index contributed by atoms with van der Waals surface area (Å²) >= 11 is 0. The molecule has 0 spiro atoms. The summed E-state index contributed by atoms with van der Waals surface area (Å²) in [5.41, 5.74) is 1.69. The van der Waals surface area contributed by atoms with Crippen LogP contribution < -0.4 is 5.32 Å². The maximum Gasteiger partial charge on any atom is 0.184 e. The topological polar surface area (TPSA) is 38.3 Å². The summed E-state index contributed by atoms with van der Waals surface area (Å²) in [6.07, 6.45) is 0. The maximum absolute atomic E-state index is 12.7. The predicted molar refractivity (Wildman–Crippen MR) is 84.5 cm³/mol. The lowest BCUT2D eigenvalue weighted by atomic mass is 9.97. The van der Waals surface area contributed by atoms with Crippen LogP contribution in [0.1, 0.15) is 28.9 Å². The molecule has 0 aliphatic heterocycles. The summed E-state index contributed by atoms with van der Waals surface area (Å²) in [5, 5.41) is 3.29. The number of nitrogens with one attached hydrogen (secondary N) is 1. The zero-order valence-corrected chi connectivity index (χ0v) is 12.3. The summed E-state index contributed by atoms with van der Waals surface area (Å²) in [6.45, 7) is 3.89. The van der Waals surface area contributed by atoms with Gasteiger partial charge in [0.1, 0.15) is 0 Å². The van der Waals surface area contributed by atoms with Gasteiger partial charge in [-0.15, -0.1) is 0 Å². The molecule has 0 fully saturated rings. The predicted octanol–water partition coefficient (Wildman–Crippen LogP) is 3.24. The highest BCUT2D eigenvalue weighted by Crippen LogP contribution is 2.18. The van der Waals surface area contributed by atoms with Crippen LogP contribution in [-0.2, 0) is 4.74 Å². The average Bonchev–Trinajstić information content (AvgIpc) is 2.56. The zero-order valence-electron chi connectivity index (χ0n) is 12.3. The van der Waals surface area contributed by atoms with Crippen molar-refractivity contribution >= 4 is 5.78 Å². The second-order valence-electron chi connectivity index (χ2n) is 4.73. The van der Waals surface area contributed by atoms with E-state index >= 15 is 0 Å². The Bertz CT molecular complexity index is 540. The second-order valence-corrected chi connectivity index (χ2v) is 4.73. The van der Waals surface area contributed by atoms with Gasteiger partial charge in [0.25, 0.3) is 0 Å². The van der Waals surface area contributed by atoms with Gasteiger partial charge in [0.15, 0.2) is 5.78 Å². The van der Waals surface area contributed by atoms with Crippen LogP contribution in [0.25, 0.3) is 0 Å². The van der Waals surface area contributed by atoms with Gasteiger partial charge in [0.2, 0.25) is 0 Å². The van der Waals surface area contributed by atoms with Crippen LogP contribution in [0.4, 0.5) is 0 Å². The minimum Gasteiger partial charge on any atom is -0.380 e. The summed E-state index contributed by atoms with van der Waals surface area (Å²) in [6, 6.07) is 18.8. The first-order chi connectivity index (χ1) is 10.3. The number of carbonyl (C=O) groups is 1. The van der Waals surface area contributed by atoms with E-state index in [0.29, 0.717) is 19.8 Å². The maximum atomic E-state index is 12.7. The first-order valence-electron chi connectivity index (χ1n) is 7.28. The largest absolute Gasteiger partial charge is 0.380 e. The molecule has 0 heterocycles. The lowest BCUT2D eigenvalue weighted by Gasteiger charge is -2.18. The van der Waals surface area contributed by atoms with Gasteiger partial charge in [0.05, 0.1) is 12.6 Å². The third-order valence-electron chi connectivity index (χ3n) is 3.25. The van der Waals surface area contributed by atoms with Crippen molar-refractivity contribution in [2.45, 2.75) is 13.0 Å². The zero-order chi connectivity index (χ0) is 14.9. The van der Waals surface area contributed by atoms with Gasteiger partial charge >= 0.3 is 0 Å². The molecule has 0 aliphatic rings. The highest BCUT2D eigenvalue weighted by molar-refractivity contribution is 6.00. The lowest BCUT2D eigenvalue weighted by Crippen LogP contribution is -2.31. The molecule has 0 bridgehead atoms. The molecule has 2 aromatic rings. The van der Waals surface area contributed by atoms with Crippen LogP contribution in [0.3, 0.4) is 0 Å². The van der Waals surface area contributed by atoms with Gasteiger partial charge in [-0.25, -0.2) is 0 Å². The third kappa shape index (κ3) is 4.52. The van der Waals surface area contributed by atoms with Gasteiger partial charge < -0.3 is 10.1 Å². The molecule has 3 nitrogen and oxygen atoms in total. The monoisotopic (exact) mass is 283 g/mol. The molecule has 0 aromatic heterocycles. The van der Waals surface area contributed by atoms with E-state index in [1.807, 2.05) is 67.6 Å². The van der Waals surface area contributed by atoms with Gasteiger partial charge in [0, 0.05) is 18.7 Å². The first-order valence-corrected chi connectivity index (χ1v) is 7.28. The lowest BCUT2D eigenvalue weighted by molar-refractivity contribution is 0.0930. The van der Waals surface area contributed by atoms with Gasteiger partial charge in [-0.05, 0) is 12.5 Å². The standard InChI is InChI=1S/C18H21NO2/c1-2-21-14-13-19-17(15-9-5-3-6-10-15)18(20)16-11-7-4-8-12-16/h3-12,17,19H,2,13-14H2,1H3/t17-/m1/s1. The van der Waals surface area contributed by atoms with Crippen molar-refractivity contribution in [1.82, 2.24) is 5.32 Å². The van der Waals surface area contributed by atoms with Crippen LogP contribution in [0.5, 0.6) is 0 Å². The molecular formula is C18H21NO2. The molecule has 0 saturated carbocycles. The smallest absolute Gasteiger partial charge is 0.184 e. The number of carbonyl (C=O) groups excluding carboxylic acids is 1. The fraction of sp³-hybridized carbons (Fsp3) is 0.278. The van der Waals surface area contributed by atoms with Crippen LogP contribution in [-0.4, -0.2) is 25.5 Å². The van der Waals surface area contributed by atoms with Crippen LogP contribution in [0.2, 0.25) is 0 Å². The Kier molecular flexibility index (Phi) is 6.13. The van der Waals surface area contributed by atoms with Crippen LogP contribution in [0.15, 0.2) is 60.7 Å². The molecule has 2 aromatic carbocycles. The third-order valence-corrected chi connectivity index (χ3v) is 3.25. The molecule has 0 radical (unpaired) electrons. The molecule has 3 heteroatoms. The summed E-state index contributed by atoms with van der Waals surface area (Å²) in [4.78, 5) is 12.7. The van der Waals surface area contributed by atoms with Crippen molar-refractivity contribution in [3.8, 4) is 0 Å². The van der Waals surface area contributed by atoms with Crippen LogP contribution >= 0.6 is 0 Å². The Morgan fingerprint density at radius 3 is 2.29 bits per heavy atom. The molecule has 0 unspecified atom stereocenters. The second kappa shape index (κ2) is 8.35. The van der Waals surface area contributed by atoms with E-state index in [4.69, 9.17) is 4.74 Å². The van der Waals surface area contributed by atoms with E-state index in [9.17, 15) is 4.79 Å². The number of Topliss-reactive ketones (excluding diaryl/α,β-unsaturated/α-hetero) is 1. The Labute approximate surface area is 126 Å². The quantitative estimate of drug-likeness (QED) is 0.597. The highest BCUT2D eigenvalue weighted by Gasteiger charge is 2.20. The van der Waals surface area contributed by atoms with E-state index in [-0.39, 0.29) is 11.8 Å². The molecule has 110 valence electrons. The Morgan fingerprint density at radius 1 is 1.05 bits per heavy atom. The molecule has 0 aliphatic carbocycles. The van der Waals surface area contributed by atoms with Crippen molar-refractivity contribution in [3.05, 3.63) is 71.8 Å². The number of hydrogen-bond donors (Lipinski definition) is 1. The van der Waals surface area contributed by atoms with Gasteiger partial charge in [-0.2, -0.15) is 0 Å². The van der Waals surface area contributed by atoms with Crippen molar-refractivity contribution in [3.63, 3.8) is 0 Å². The number of benzene rings is 2. The van der Waals surface area contributed by atoms with Gasteiger partial charge in [-0.1, -0.05) is 60.7 Å². The van der Waals surface area contributed by atoms with E-state index < -0.39 is 0 Å². The minimum atomic E-state index is -0.339. The van der Waals surface area contributed by atoms with Crippen molar-refractivity contribution in [2.75, 3.05) is 19.8 Å². The molecule has 1 N–H and O–H groups in total. The van der Waals surface area contributed by atoms with Crippen molar-refractivity contribution in [2.24, 2.45) is 0 Å². The number of rotatable bonds is 8. The average molecular weight is 283 g/mol. The normalized spacial score (nSPS) is 12.0. The van der Waals surface area contributed by atoms with Gasteiger partial charge in [-0.3, -0.25) is 4.79 Å². The molecular weight excluding hydrogens is 262 g/mol. The molecule has 0 saturated heterocycles.